The Hall–Kier alpha value is -0.600. The first kappa shape index (κ1) is 19.4. The van der Waals surface area contributed by atoms with Crippen molar-refractivity contribution in [2.45, 2.75) is 25.9 Å². The van der Waals surface area contributed by atoms with Gasteiger partial charge >= 0.3 is 0 Å². The third kappa shape index (κ3) is 5.24. The summed E-state index contributed by atoms with van der Waals surface area (Å²) in [5.74, 6) is 0.613. The Labute approximate surface area is 152 Å². The number of halogens is 3. The molecule has 1 aliphatic rings. The second kappa shape index (κ2) is 8.88. The summed E-state index contributed by atoms with van der Waals surface area (Å²) in [4.78, 5) is 6.24. The van der Waals surface area contributed by atoms with E-state index in [9.17, 15) is 9.50 Å². The molecule has 124 valence electrons. The highest BCUT2D eigenvalue weighted by Crippen LogP contribution is 2.21. The van der Waals surface area contributed by atoms with Gasteiger partial charge in [-0.25, -0.2) is 4.39 Å². The van der Waals surface area contributed by atoms with Gasteiger partial charge in [-0.2, -0.15) is 0 Å². The fourth-order valence-electron chi connectivity index (χ4n) is 2.34. The topological polar surface area (TPSA) is 61.8 Å². The molecule has 1 fully saturated rings. The van der Waals surface area contributed by atoms with Gasteiger partial charge in [-0.1, -0.05) is 24.6 Å². The van der Waals surface area contributed by atoms with Gasteiger partial charge in [0.1, 0.15) is 5.82 Å². The first-order valence-electron chi connectivity index (χ1n) is 7.15. The summed E-state index contributed by atoms with van der Waals surface area (Å²) in [5, 5.41) is 10.1. The molecule has 1 aromatic carbocycles. The summed E-state index contributed by atoms with van der Waals surface area (Å²) >= 11 is 5.62. The largest absolute Gasteiger partial charge is 0.386 e. The van der Waals surface area contributed by atoms with E-state index in [1.54, 1.807) is 6.07 Å². The van der Waals surface area contributed by atoms with Crippen molar-refractivity contribution in [3.63, 3.8) is 0 Å². The Morgan fingerprint density at radius 1 is 1.50 bits per heavy atom. The summed E-state index contributed by atoms with van der Waals surface area (Å²) in [7, 11) is 0. The normalized spacial score (nSPS) is 18.0. The number of rotatable bonds is 3. The zero-order valence-electron chi connectivity index (χ0n) is 12.5. The number of aliphatic hydroxyl groups excluding tert-OH is 1. The Kier molecular flexibility index (Phi) is 7.85. The molecule has 1 aromatic rings. The van der Waals surface area contributed by atoms with Crippen LogP contribution in [-0.2, 0) is 0 Å². The van der Waals surface area contributed by atoms with Gasteiger partial charge in [-0.05, 0) is 36.5 Å². The maximum atomic E-state index is 13.4. The van der Waals surface area contributed by atoms with Crippen LogP contribution in [0.2, 0.25) is 5.02 Å². The number of piperidine rings is 1. The van der Waals surface area contributed by atoms with Crippen LogP contribution >= 0.6 is 35.6 Å². The summed E-state index contributed by atoms with van der Waals surface area (Å²) in [6.07, 6.45) is 1.31. The van der Waals surface area contributed by atoms with E-state index in [0.29, 0.717) is 11.5 Å². The van der Waals surface area contributed by atoms with Crippen molar-refractivity contribution < 1.29 is 9.50 Å². The van der Waals surface area contributed by atoms with Gasteiger partial charge in [-0.3, -0.25) is 4.99 Å². The molecule has 0 aliphatic carbocycles. The average Bonchev–Trinajstić information content (AvgIpc) is 2.48. The molecule has 2 rings (SSSR count). The fraction of sp³-hybridized carbons (Fsp3) is 0.533. The lowest BCUT2D eigenvalue weighted by molar-refractivity contribution is 0.185. The smallest absolute Gasteiger partial charge is 0.191 e. The van der Waals surface area contributed by atoms with Crippen LogP contribution < -0.4 is 5.73 Å². The number of likely N-dealkylation sites (tertiary alicyclic amines) is 1. The molecule has 0 saturated carbocycles. The van der Waals surface area contributed by atoms with E-state index >= 15 is 0 Å². The van der Waals surface area contributed by atoms with Crippen LogP contribution in [0.15, 0.2) is 23.2 Å². The third-order valence-electron chi connectivity index (χ3n) is 3.86. The Morgan fingerprint density at radius 3 is 2.73 bits per heavy atom. The number of benzene rings is 1. The summed E-state index contributed by atoms with van der Waals surface area (Å²) in [6, 6.07) is 4.24. The Balaban J connectivity index is 0.00000242. The minimum Gasteiger partial charge on any atom is -0.386 e. The summed E-state index contributed by atoms with van der Waals surface area (Å²) in [6.45, 7) is 4.12. The number of hydrogen-bond donors (Lipinski definition) is 2. The second-order valence-corrected chi connectivity index (χ2v) is 5.97. The van der Waals surface area contributed by atoms with Gasteiger partial charge in [-0.15, -0.1) is 24.0 Å². The summed E-state index contributed by atoms with van der Waals surface area (Å²) < 4.78 is 13.4. The summed E-state index contributed by atoms with van der Waals surface area (Å²) in [5.41, 5.74) is 6.39. The standard InChI is InChI=1S/C15H21ClFN3O.HI/c1-10-4-6-20(7-5-10)15(18)19-9-14(21)11-2-3-12(16)13(17)8-11;/h2-3,8,10,14,21H,4-7,9H2,1H3,(H2,18,19);1H. The maximum absolute atomic E-state index is 13.4. The van der Waals surface area contributed by atoms with Crippen molar-refractivity contribution in [3.8, 4) is 0 Å². The molecule has 0 spiro atoms. The minimum absolute atomic E-state index is 0. The van der Waals surface area contributed by atoms with Crippen molar-refractivity contribution in [2.75, 3.05) is 19.6 Å². The first-order valence-corrected chi connectivity index (χ1v) is 7.53. The van der Waals surface area contributed by atoms with Gasteiger partial charge < -0.3 is 15.7 Å². The van der Waals surface area contributed by atoms with Crippen molar-refractivity contribution >= 4 is 41.5 Å². The van der Waals surface area contributed by atoms with Crippen LogP contribution in [-0.4, -0.2) is 35.6 Å². The molecule has 0 amide bonds. The van der Waals surface area contributed by atoms with E-state index in [1.807, 2.05) is 4.90 Å². The second-order valence-electron chi connectivity index (χ2n) is 5.56. The lowest BCUT2D eigenvalue weighted by Gasteiger charge is -2.31. The van der Waals surface area contributed by atoms with Gasteiger partial charge in [0.25, 0.3) is 0 Å². The van der Waals surface area contributed by atoms with Crippen LogP contribution in [0, 0.1) is 11.7 Å². The minimum atomic E-state index is -0.890. The molecule has 1 saturated heterocycles. The number of hydrogen-bond acceptors (Lipinski definition) is 2. The van der Waals surface area contributed by atoms with Gasteiger partial charge in [0.2, 0.25) is 0 Å². The van der Waals surface area contributed by atoms with E-state index in [4.69, 9.17) is 17.3 Å². The molecule has 3 N–H and O–H groups in total. The molecule has 4 nitrogen and oxygen atoms in total. The lowest BCUT2D eigenvalue weighted by Crippen LogP contribution is -2.42. The highest BCUT2D eigenvalue weighted by molar-refractivity contribution is 14.0. The van der Waals surface area contributed by atoms with Crippen LogP contribution in [0.25, 0.3) is 0 Å². The molecule has 1 atom stereocenters. The fourth-order valence-corrected chi connectivity index (χ4v) is 2.46. The van der Waals surface area contributed by atoms with Crippen LogP contribution in [0.4, 0.5) is 4.39 Å². The zero-order valence-corrected chi connectivity index (χ0v) is 15.6. The number of guanidine groups is 1. The molecule has 1 aliphatic heterocycles. The monoisotopic (exact) mass is 441 g/mol. The third-order valence-corrected chi connectivity index (χ3v) is 4.17. The van der Waals surface area contributed by atoms with Crippen molar-refractivity contribution in [3.05, 3.63) is 34.6 Å². The predicted molar refractivity (Wildman–Crippen MR) is 98.2 cm³/mol. The molecular formula is C15H22ClFIN3O. The molecule has 0 radical (unpaired) electrons. The van der Waals surface area contributed by atoms with E-state index in [1.165, 1.54) is 12.1 Å². The maximum Gasteiger partial charge on any atom is 0.191 e. The van der Waals surface area contributed by atoms with E-state index < -0.39 is 11.9 Å². The first-order chi connectivity index (χ1) is 9.97. The molecule has 0 bridgehead atoms. The Bertz CT molecular complexity index is 522. The quantitative estimate of drug-likeness (QED) is 0.430. The molecule has 22 heavy (non-hydrogen) atoms. The van der Waals surface area contributed by atoms with Crippen LogP contribution in [0.1, 0.15) is 31.4 Å². The lowest BCUT2D eigenvalue weighted by atomic mass is 10.00. The predicted octanol–water partition coefficient (Wildman–Crippen LogP) is 3.18. The van der Waals surface area contributed by atoms with E-state index in [2.05, 4.69) is 11.9 Å². The van der Waals surface area contributed by atoms with Gasteiger partial charge in [0.05, 0.1) is 17.7 Å². The van der Waals surface area contributed by atoms with Gasteiger partial charge in [0.15, 0.2) is 5.96 Å². The van der Waals surface area contributed by atoms with Crippen molar-refractivity contribution in [2.24, 2.45) is 16.6 Å². The van der Waals surface area contributed by atoms with Crippen molar-refractivity contribution in [1.82, 2.24) is 4.90 Å². The zero-order chi connectivity index (χ0) is 15.4. The highest BCUT2D eigenvalue weighted by Gasteiger charge is 2.17. The number of nitrogens with two attached hydrogens (primary N) is 1. The highest BCUT2D eigenvalue weighted by atomic mass is 127. The number of nitrogens with zero attached hydrogens (tertiary/aromatic N) is 2. The SMILES string of the molecule is CC1CCN(C(N)=NCC(O)c2ccc(Cl)c(F)c2)CC1.I. The number of aliphatic hydroxyl groups is 1. The molecule has 7 heteroatoms. The van der Waals surface area contributed by atoms with Gasteiger partial charge in [0, 0.05) is 13.1 Å². The average molecular weight is 442 g/mol. The molecular weight excluding hydrogens is 420 g/mol. The Morgan fingerprint density at radius 2 is 2.14 bits per heavy atom. The van der Waals surface area contributed by atoms with Crippen LogP contribution in [0.5, 0.6) is 0 Å². The molecule has 1 heterocycles. The van der Waals surface area contributed by atoms with E-state index in [0.717, 1.165) is 31.8 Å². The van der Waals surface area contributed by atoms with Crippen molar-refractivity contribution in [1.29, 1.82) is 0 Å². The van der Waals surface area contributed by atoms with E-state index in [-0.39, 0.29) is 35.5 Å². The van der Waals surface area contributed by atoms with Crippen LogP contribution in [0.3, 0.4) is 0 Å². The molecule has 0 aromatic heterocycles. The molecule has 1 unspecified atom stereocenters. The number of aliphatic imine (C=N–C) groups is 1.